The number of amides is 1. The molecule has 1 amide bonds. The van der Waals surface area contributed by atoms with Crippen LogP contribution in [-0.2, 0) is 4.79 Å². The van der Waals surface area contributed by atoms with Gasteiger partial charge in [0.1, 0.15) is 5.75 Å². The first-order chi connectivity index (χ1) is 8.43. The van der Waals surface area contributed by atoms with Crippen molar-refractivity contribution in [2.24, 2.45) is 0 Å². The van der Waals surface area contributed by atoms with Crippen LogP contribution in [-0.4, -0.2) is 28.3 Å². The summed E-state index contributed by atoms with van der Waals surface area (Å²) in [4.78, 5) is 11.5. The Balaban J connectivity index is 2.47. The predicted molar refractivity (Wildman–Crippen MR) is 71.1 cm³/mol. The molecule has 0 aliphatic rings. The van der Waals surface area contributed by atoms with E-state index in [-0.39, 0.29) is 18.2 Å². The lowest BCUT2D eigenvalue weighted by atomic mass is 10.0. The molecule has 0 aliphatic carbocycles. The minimum atomic E-state index is -0.873. The number of hydrogen-bond acceptors (Lipinski definition) is 3. The maximum Gasteiger partial charge on any atom is 0.244 e. The third-order valence-corrected chi connectivity index (χ3v) is 2.73. The van der Waals surface area contributed by atoms with Crippen molar-refractivity contribution >= 4 is 12.0 Å². The molecule has 1 aromatic rings. The standard InChI is InChI=1S/C14H19NO3/c1-3-14(2,18)10-15-13(17)9-6-11-4-7-12(16)8-5-11/h4-9,16,18H,3,10H2,1-2H3,(H,15,17). The number of carbonyl (C=O) groups excluding carboxylic acids is 1. The minimum absolute atomic E-state index is 0.190. The van der Waals surface area contributed by atoms with Crippen molar-refractivity contribution in [1.29, 1.82) is 0 Å². The number of nitrogens with one attached hydrogen (secondary N) is 1. The zero-order valence-corrected chi connectivity index (χ0v) is 10.7. The van der Waals surface area contributed by atoms with E-state index in [0.717, 1.165) is 5.56 Å². The van der Waals surface area contributed by atoms with E-state index in [1.54, 1.807) is 37.3 Å². The summed E-state index contributed by atoms with van der Waals surface area (Å²) in [6.45, 7) is 3.76. The van der Waals surface area contributed by atoms with Gasteiger partial charge in [-0.2, -0.15) is 0 Å². The van der Waals surface area contributed by atoms with Gasteiger partial charge in [0, 0.05) is 12.6 Å². The van der Waals surface area contributed by atoms with Gasteiger partial charge < -0.3 is 15.5 Å². The van der Waals surface area contributed by atoms with Crippen LogP contribution in [0, 0.1) is 0 Å². The zero-order chi connectivity index (χ0) is 13.6. The van der Waals surface area contributed by atoms with Crippen LogP contribution in [0.5, 0.6) is 5.75 Å². The molecule has 4 nitrogen and oxygen atoms in total. The predicted octanol–water partition coefficient (Wildman–Crippen LogP) is 1.68. The fourth-order valence-electron chi connectivity index (χ4n) is 1.22. The first-order valence-electron chi connectivity index (χ1n) is 5.90. The Morgan fingerprint density at radius 1 is 1.39 bits per heavy atom. The minimum Gasteiger partial charge on any atom is -0.508 e. The molecule has 1 aromatic carbocycles. The molecule has 1 unspecified atom stereocenters. The second-order valence-corrected chi connectivity index (χ2v) is 4.49. The Kier molecular flexibility index (Phi) is 4.92. The van der Waals surface area contributed by atoms with E-state index in [1.807, 2.05) is 6.92 Å². The van der Waals surface area contributed by atoms with Crippen molar-refractivity contribution in [2.75, 3.05) is 6.54 Å². The van der Waals surface area contributed by atoms with Crippen molar-refractivity contribution in [2.45, 2.75) is 25.9 Å². The topological polar surface area (TPSA) is 69.6 Å². The second-order valence-electron chi connectivity index (χ2n) is 4.49. The summed E-state index contributed by atoms with van der Waals surface area (Å²) >= 11 is 0. The van der Waals surface area contributed by atoms with Gasteiger partial charge >= 0.3 is 0 Å². The fourth-order valence-corrected chi connectivity index (χ4v) is 1.22. The number of benzene rings is 1. The smallest absolute Gasteiger partial charge is 0.244 e. The maximum atomic E-state index is 11.5. The Hall–Kier alpha value is -1.81. The zero-order valence-electron chi connectivity index (χ0n) is 10.7. The molecule has 0 aromatic heterocycles. The van der Waals surface area contributed by atoms with Crippen LogP contribution >= 0.6 is 0 Å². The van der Waals surface area contributed by atoms with E-state index in [9.17, 15) is 9.90 Å². The van der Waals surface area contributed by atoms with Crippen molar-refractivity contribution in [3.05, 3.63) is 35.9 Å². The third-order valence-electron chi connectivity index (χ3n) is 2.73. The molecule has 0 bridgehead atoms. The molecule has 0 saturated carbocycles. The number of hydrogen-bond donors (Lipinski definition) is 3. The number of carbonyl (C=O) groups is 1. The summed E-state index contributed by atoms with van der Waals surface area (Å²) in [6, 6.07) is 6.53. The lowest BCUT2D eigenvalue weighted by Crippen LogP contribution is -2.39. The van der Waals surface area contributed by atoms with Gasteiger partial charge in [-0.15, -0.1) is 0 Å². The highest BCUT2D eigenvalue weighted by atomic mass is 16.3. The van der Waals surface area contributed by atoms with Gasteiger partial charge in [0.05, 0.1) is 5.60 Å². The molecule has 0 radical (unpaired) electrons. The second kappa shape index (κ2) is 6.21. The number of phenolic OH excluding ortho intramolecular Hbond substituents is 1. The van der Waals surface area contributed by atoms with Crippen LogP contribution < -0.4 is 5.32 Å². The lowest BCUT2D eigenvalue weighted by molar-refractivity contribution is -0.117. The summed E-state index contributed by atoms with van der Waals surface area (Å²) in [7, 11) is 0. The van der Waals surface area contributed by atoms with E-state index in [4.69, 9.17) is 5.11 Å². The molecule has 1 atom stereocenters. The molecule has 1 rings (SSSR count). The van der Waals surface area contributed by atoms with Crippen LogP contribution in [0.3, 0.4) is 0 Å². The Bertz CT molecular complexity index is 421. The van der Waals surface area contributed by atoms with E-state index in [0.29, 0.717) is 6.42 Å². The van der Waals surface area contributed by atoms with Gasteiger partial charge in [-0.1, -0.05) is 19.1 Å². The SMILES string of the molecule is CCC(C)(O)CNC(=O)C=Cc1ccc(O)cc1. The number of aliphatic hydroxyl groups is 1. The molecule has 98 valence electrons. The van der Waals surface area contributed by atoms with Crippen LogP contribution in [0.25, 0.3) is 6.08 Å². The number of phenols is 1. The third kappa shape index (κ3) is 5.01. The quantitative estimate of drug-likeness (QED) is 0.695. The molecule has 0 spiro atoms. The first-order valence-corrected chi connectivity index (χ1v) is 5.90. The van der Waals surface area contributed by atoms with E-state index >= 15 is 0 Å². The first kappa shape index (κ1) is 14.3. The van der Waals surface area contributed by atoms with Crippen LogP contribution in [0.15, 0.2) is 30.3 Å². The van der Waals surface area contributed by atoms with Gasteiger partial charge in [-0.05, 0) is 37.1 Å². The molecule has 0 heterocycles. The normalized spacial score (nSPS) is 14.4. The van der Waals surface area contributed by atoms with Crippen molar-refractivity contribution in [1.82, 2.24) is 5.32 Å². The summed E-state index contributed by atoms with van der Waals surface area (Å²) < 4.78 is 0. The van der Waals surface area contributed by atoms with Crippen molar-refractivity contribution in [3.63, 3.8) is 0 Å². The van der Waals surface area contributed by atoms with Gasteiger partial charge in [-0.25, -0.2) is 0 Å². The highest BCUT2D eigenvalue weighted by Gasteiger charge is 2.17. The molecule has 4 heteroatoms. The van der Waals surface area contributed by atoms with Crippen molar-refractivity contribution in [3.8, 4) is 5.75 Å². The molecule has 0 aliphatic heterocycles. The Morgan fingerprint density at radius 2 is 2.00 bits per heavy atom. The molecule has 0 saturated heterocycles. The number of aromatic hydroxyl groups is 1. The van der Waals surface area contributed by atoms with E-state index < -0.39 is 5.60 Å². The lowest BCUT2D eigenvalue weighted by Gasteiger charge is -2.20. The highest BCUT2D eigenvalue weighted by Crippen LogP contribution is 2.10. The summed E-state index contributed by atoms with van der Waals surface area (Å²) in [5.74, 6) is -0.0626. The monoisotopic (exact) mass is 249 g/mol. The van der Waals surface area contributed by atoms with Crippen LogP contribution in [0.1, 0.15) is 25.8 Å². The summed E-state index contributed by atoms with van der Waals surface area (Å²) in [6.07, 6.45) is 3.63. The van der Waals surface area contributed by atoms with Crippen LogP contribution in [0.2, 0.25) is 0 Å². The Morgan fingerprint density at radius 3 is 2.56 bits per heavy atom. The van der Waals surface area contributed by atoms with Gasteiger partial charge in [0.25, 0.3) is 0 Å². The molecular formula is C14H19NO3. The molecule has 3 N–H and O–H groups in total. The average Bonchev–Trinajstić information content (AvgIpc) is 2.36. The van der Waals surface area contributed by atoms with Gasteiger partial charge in [0.15, 0.2) is 0 Å². The highest BCUT2D eigenvalue weighted by molar-refractivity contribution is 5.91. The average molecular weight is 249 g/mol. The maximum absolute atomic E-state index is 11.5. The summed E-state index contributed by atoms with van der Waals surface area (Å²) in [5, 5.41) is 21.5. The molecule has 18 heavy (non-hydrogen) atoms. The number of rotatable bonds is 5. The van der Waals surface area contributed by atoms with E-state index in [1.165, 1.54) is 6.08 Å². The van der Waals surface area contributed by atoms with E-state index in [2.05, 4.69) is 5.32 Å². The van der Waals surface area contributed by atoms with Crippen molar-refractivity contribution < 1.29 is 15.0 Å². The van der Waals surface area contributed by atoms with Gasteiger partial charge in [0.2, 0.25) is 5.91 Å². The van der Waals surface area contributed by atoms with Crippen LogP contribution in [0.4, 0.5) is 0 Å². The fraction of sp³-hybridized carbons (Fsp3) is 0.357. The molecule has 0 fully saturated rings. The Labute approximate surface area is 107 Å². The van der Waals surface area contributed by atoms with Gasteiger partial charge in [-0.3, -0.25) is 4.79 Å². The molecular weight excluding hydrogens is 230 g/mol. The summed E-state index contributed by atoms with van der Waals surface area (Å²) in [5.41, 5.74) is -0.0487. The largest absolute Gasteiger partial charge is 0.508 e.